The lowest BCUT2D eigenvalue weighted by atomic mass is 9.73. The van der Waals surface area contributed by atoms with E-state index in [9.17, 15) is 0 Å². The summed E-state index contributed by atoms with van der Waals surface area (Å²) in [5.74, 6) is 1.65. The highest BCUT2D eigenvalue weighted by atomic mass is 35.5. The number of halogens is 1. The van der Waals surface area contributed by atoms with Crippen molar-refractivity contribution >= 4 is 11.6 Å². The summed E-state index contributed by atoms with van der Waals surface area (Å²) >= 11 is 5.99. The molecule has 0 spiro atoms. The van der Waals surface area contributed by atoms with E-state index in [0.29, 0.717) is 18.1 Å². The van der Waals surface area contributed by atoms with Gasteiger partial charge in [-0.15, -0.1) is 0 Å². The third-order valence-corrected chi connectivity index (χ3v) is 4.83. The molecule has 5 nitrogen and oxygen atoms in total. The molecule has 2 aromatic rings. The van der Waals surface area contributed by atoms with Gasteiger partial charge in [0.2, 0.25) is 0 Å². The summed E-state index contributed by atoms with van der Waals surface area (Å²) in [6, 6.07) is 5.60. The number of benzene rings is 1. The van der Waals surface area contributed by atoms with Gasteiger partial charge in [-0.2, -0.15) is 5.10 Å². The number of H-pyrrole nitrogens is 1. The van der Waals surface area contributed by atoms with E-state index in [-0.39, 0.29) is 5.41 Å². The van der Waals surface area contributed by atoms with Gasteiger partial charge in [0.25, 0.3) is 0 Å². The fourth-order valence-corrected chi connectivity index (χ4v) is 2.67. The molecule has 0 radical (unpaired) electrons. The molecule has 0 aliphatic carbocycles. The summed E-state index contributed by atoms with van der Waals surface area (Å²) < 4.78 is 11.8. The molecule has 0 aliphatic heterocycles. The van der Waals surface area contributed by atoms with E-state index in [1.807, 2.05) is 25.1 Å². The molecule has 0 amide bonds. The minimum absolute atomic E-state index is 0.207. The number of hydrogen-bond donors (Lipinski definition) is 1. The van der Waals surface area contributed by atoms with Crippen LogP contribution in [0.2, 0.25) is 5.02 Å². The molecule has 1 N–H and O–H groups in total. The predicted octanol–water partition coefficient (Wildman–Crippen LogP) is 3.82. The quantitative estimate of drug-likeness (QED) is 0.834. The van der Waals surface area contributed by atoms with Crippen LogP contribution in [-0.2, 0) is 11.2 Å². The smallest absolute Gasteiger partial charge is 0.137 e. The van der Waals surface area contributed by atoms with E-state index in [2.05, 4.69) is 36.0 Å². The van der Waals surface area contributed by atoms with Crippen LogP contribution in [-0.4, -0.2) is 34.5 Å². The van der Waals surface area contributed by atoms with Gasteiger partial charge in [-0.25, -0.2) is 4.98 Å². The van der Waals surface area contributed by atoms with Gasteiger partial charge in [-0.1, -0.05) is 25.4 Å². The van der Waals surface area contributed by atoms with Crippen molar-refractivity contribution in [2.24, 2.45) is 5.41 Å². The van der Waals surface area contributed by atoms with Gasteiger partial charge in [0.05, 0.1) is 0 Å². The zero-order chi connectivity index (χ0) is 17.1. The first-order valence-corrected chi connectivity index (χ1v) is 7.93. The predicted molar refractivity (Wildman–Crippen MR) is 91.0 cm³/mol. The molecular weight excluding hydrogens is 314 g/mol. The van der Waals surface area contributed by atoms with Crippen molar-refractivity contribution in [2.75, 3.05) is 13.7 Å². The Kier molecular flexibility index (Phi) is 5.32. The summed E-state index contributed by atoms with van der Waals surface area (Å²) in [5, 5.41) is 7.52. The molecular formula is C17H24ClN3O2. The van der Waals surface area contributed by atoms with E-state index in [0.717, 1.165) is 17.1 Å². The largest absolute Gasteiger partial charge is 0.490 e. The number of methoxy groups -OCH3 is 1. The molecule has 0 fully saturated rings. The number of aromatic nitrogens is 3. The van der Waals surface area contributed by atoms with E-state index in [4.69, 9.17) is 21.1 Å². The molecule has 2 rings (SSSR count). The lowest BCUT2D eigenvalue weighted by Gasteiger charge is -2.42. The van der Waals surface area contributed by atoms with Crippen molar-refractivity contribution in [3.8, 4) is 5.75 Å². The van der Waals surface area contributed by atoms with Gasteiger partial charge in [-0.3, -0.25) is 5.10 Å². The molecule has 23 heavy (non-hydrogen) atoms. The monoisotopic (exact) mass is 337 g/mol. The fourth-order valence-electron chi connectivity index (χ4n) is 2.44. The van der Waals surface area contributed by atoms with Crippen LogP contribution in [0, 0.1) is 12.3 Å². The van der Waals surface area contributed by atoms with Crippen LogP contribution in [0.3, 0.4) is 0 Å². The second-order valence-electron chi connectivity index (χ2n) is 6.63. The van der Waals surface area contributed by atoms with Gasteiger partial charge in [0.15, 0.2) is 0 Å². The Morgan fingerprint density at radius 1 is 1.26 bits per heavy atom. The van der Waals surface area contributed by atoms with E-state index >= 15 is 0 Å². The average Bonchev–Trinajstić information content (AvgIpc) is 2.98. The molecule has 1 heterocycles. The second kappa shape index (κ2) is 6.89. The van der Waals surface area contributed by atoms with Crippen LogP contribution in [0.5, 0.6) is 5.75 Å². The van der Waals surface area contributed by atoms with Gasteiger partial charge in [0, 0.05) is 24.0 Å². The van der Waals surface area contributed by atoms with Gasteiger partial charge >= 0.3 is 0 Å². The van der Waals surface area contributed by atoms with Gasteiger partial charge in [0.1, 0.15) is 30.1 Å². The standard InChI is InChI=1S/C17H24ClN3O2/c1-12-8-13(18)6-7-14(12)23-10-17(4,22-5)16(2,3)9-15-19-11-20-21-15/h6-8,11H,9-10H2,1-5H3,(H,19,20,21). The molecule has 126 valence electrons. The summed E-state index contributed by atoms with van der Waals surface area (Å²) in [7, 11) is 1.71. The average molecular weight is 338 g/mol. The molecule has 1 aromatic heterocycles. The van der Waals surface area contributed by atoms with Crippen LogP contribution < -0.4 is 4.74 Å². The van der Waals surface area contributed by atoms with Crippen molar-refractivity contribution in [1.82, 2.24) is 15.2 Å². The number of rotatable bonds is 7. The maximum absolute atomic E-state index is 6.02. The van der Waals surface area contributed by atoms with Crippen LogP contribution in [0.15, 0.2) is 24.5 Å². The highest BCUT2D eigenvalue weighted by Crippen LogP contribution is 2.37. The van der Waals surface area contributed by atoms with Crippen LogP contribution in [0.1, 0.15) is 32.2 Å². The van der Waals surface area contributed by atoms with E-state index < -0.39 is 5.60 Å². The Labute approximate surface area is 142 Å². The molecule has 1 unspecified atom stereocenters. The van der Waals surface area contributed by atoms with Gasteiger partial charge < -0.3 is 9.47 Å². The number of aromatic amines is 1. The van der Waals surface area contributed by atoms with Crippen molar-refractivity contribution < 1.29 is 9.47 Å². The first kappa shape index (κ1) is 17.8. The topological polar surface area (TPSA) is 60.0 Å². The lowest BCUT2D eigenvalue weighted by molar-refractivity contribution is -0.111. The zero-order valence-electron chi connectivity index (χ0n) is 14.3. The maximum Gasteiger partial charge on any atom is 0.137 e. The molecule has 6 heteroatoms. The highest BCUT2D eigenvalue weighted by Gasteiger charge is 2.43. The summed E-state index contributed by atoms with van der Waals surface area (Å²) in [6.45, 7) is 8.72. The third-order valence-electron chi connectivity index (χ3n) is 4.60. The van der Waals surface area contributed by atoms with E-state index in [1.54, 1.807) is 7.11 Å². The number of nitrogens with one attached hydrogen (secondary N) is 1. The molecule has 1 atom stereocenters. The Morgan fingerprint density at radius 2 is 2.00 bits per heavy atom. The Morgan fingerprint density at radius 3 is 2.57 bits per heavy atom. The summed E-state index contributed by atoms with van der Waals surface area (Å²) in [4.78, 5) is 4.21. The Bertz CT molecular complexity index is 643. The first-order valence-electron chi connectivity index (χ1n) is 7.56. The minimum Gasteiger partial charge on any atom is -0.490 e. The van der Waals surface area contributed by atoms with Crippen molar-refractivity contribution in [3.05, 3.63) is 40.9 Å². The first-order chi connectivity index (χ1) is 10.8. The fraction of sp³-hybridized carbons (Fsp3) is 0.529. The maximum atomic E-state index is 6.02. The summed E-state index contributed by atoms with van der Waals surface area (Å²) in [6.07, 6.45) is 2.23. The van der Waals surface area contributed by atoms with Crippen molar-refractivity contribution in [2.45, 2.75) is 39.7 Å². The summed E-state index contributed by atoms with van der Waals surface area (Å²) in [5.41, 5.74) is 0.303. The number of nitrogens with zero attached hydrogens (tertiary/aromatic N) is 2. The minimum atomic E-state index is -0.494. The Balaban J connectivity index is 2.12. The van der Waals surface area contributed by atoms with Crippen molar-refractivity contribution in [1.29, 1.82) is 0 Å². The molecule has 0 saturated carbocycles. The Hall–Kier alpha value is -1.59. The third kappa shape index (κ3) is 4.03. The highest BCUT2D eigenvalue weighted by molar-refractivity contribution is 6.30. The zero-order valence-corrected chi connectivity index (χ0v) is 15.1. The molecule has 0 bridgehead atoms. The SMILES string of the molecule is COC(C)(COc1ccc(Cl)cc1C)C(C)(C)Cc1ncn[nH]1. The number of aryl methyl sites for hydroxylation is 1. The van der Waals surface area contributed by atoms with Crippen LogP contribution in [0.25, 0.3) is 0 Å². The van der Waals surface area contributed by atoms with Crippen LogP contribution >= 0.6 is 11.6 Å². The second-order valence-corrected chi connectivity index (χ2v) is 7.06. The van der Waals surface area contributed by atoms with Crippen molar-refractivity contribution in [3.63, 3.8) is 0 Å². The number of hydrogen-bond acceptors (Lipinski definition) is 4. The molecule has 1 aromatic carbocycles. The van der Waals surface area contributed by atoms with Crippen LogP contribution in [0.4, 0.5) is 0 Å². The van der Waals surface area contributed by atoms with Gasteiger partial charge in [-0.05, 0) is 37.6 Å². The van der Waals surface area contributed by atoms with E-state index in [1.165, 1.54) is 6.33 Å². The molecule has 0 aliphatic rings. The lowest BCUT2D eigenvalue weighted by Crippen LogP contribution is -2.49. The number of ether oxygens (including phenoxy) is 2. The normalized spacial score (nSPS) is 14.5. The molecule has 0 saturated heterocycles.